The van der Waals surface area contributed by atoms with Crippen molar-refractivity contribution in [1.82, 2.24) is 15.6 Å². The number of benzene rings is 2. The Labute approximate surface area is 203 Å². The van der Waals surface area contributed by atoms with Crippen LogP contribution in [0, 0.1) is 11.8 Å². The van der Waals surface area contributed by atoms with Crippen LogP contribution in [0.4, 0.5) is 5.69 Å². The summed E-state index contributed by atoms with van der Waals surface area (Å²) in [6.45, 7) is 0.210. The molecule has 0 saturated carbocycles. The smallest absolute Gasteiger partial charge is 0.310 e. The van der Waals surface area contributed by atoms with Gasteiger partial charge in [0, 0.05) is 37.1 Å². The number of aromatic nitrogens is 1. The third-order valence-corrected chi connectivity index (χ3v) is 5.44. The van der Waals surface area contributed by atoms with Crippen molar-refractivity contribution >= 4 is 23.4 Å². The summed E-state index contributed by atoms with van der Waals surface area (Å²) in [5, 5.41) is 5.06. The standard InChI is InChI=1S/C27H24N4O4/c1-31-23-17-21(8-7-20-11-14-28-15-12-20)9-10-24(23)35-18-22(27(31)34)30-26(33)25(32)29-16-13-19-5-3-2-4-6-19/h2-6,9-12,14-15,17,22H,13,16,18H2,1H3,(H,29,32)(H,30,33)/t22-/m0/s1. The first-order chi connectivity index (χ1) is 17.0. The zero-order valence-electron chi connectivity index (χ0n) is 19.2. The monoisotopic (exact) mass is 468 g/mol. The molecule has 176 valence electrons. The molecule has 4 rings (SSSR count). The van der Waals surface area contributed by atoms with Crippen molar-refractivity contribution in [3.8, 4) is 17.6 Å². The van der Waals surface area contributed by atoms with Gasteiger partial charge in [-0.05, 0) is 42.3 Å². The SMILES string of the molecule is CN1C(=O)[C@@H](NC(=O)C(=O)NCCc2ccccc2)COc2ccc(C#Cc3ccncc3)cc21. The molecule has 8 nitrogen and oxygen atoms in total. The van der Waals surface area contributed by atoms with Gasteiger partial charge in [-0.25, -0.2) is 0 Å². The van der Waals surface area contributed by atoms with Gasteiger partial charge >= 0.3 is 11.8 Å². The molecule has 0 radical (unpaired) electrons. The van der Waals surface area contributed by atoms with Crippen LogP contribution in [0.25, 0.3) is 0 Å². The highest BCUT2D eigenvalue weighted by Crippen LogP contribution is 2.31. The van der Waals surface area contributed by atoms with Crippen LogP contribution in [0.5, 0.6) is 5.75 Å². The van der Waals surface area contributed by atoms with E-state index in [0.29, 0.717) is 30.0 Å². The topological polar surface area (TPSA) is 101 Å². The third kappa shape index (κ3) is 6.03. The van der Waals surface area contributed by atoms with Gasteiger partial charge in [-0.2, -0.15) is 0 Å². The van der Waals surface area contributed by atoms with Crippen molar-refractivity contribution in [2.75, 3.05) is 25.1 Å². The first-order valence-corrected chi connectivity index (χ1v) is 11.1. The number of anilines is 1. The maximum atomic E-state index is 13.0. The third-order valence-electron chi connectivity index (χ3n) is 5.44. The number of carbonyl (C=O) groups excluding carboxylic acids is 3. The van der Waals surface area contributed by atoms with E-state index in [9.17, 15) is 14.4 Å². The molecule has 3 amide bonds. The first-order valence-electron chi connectivity index (χ1n) is 11.1. The summed E-state index contributed by atoms with van der Waals surface area (Å²) in [6, 6.07) is 17.5. The average Bonchev–Trinajstić information content (AvgIpc) is 3.00. The maximum Gasteiger partial charge on any atom is 0.310 e. The largest absolute Gasteiger partial charge is 0.489 e. The molecule has 2 heterocycles. The number of fused-ring (bicyclic) bond motifs is 1. The van der Waals surface area contributed by atoms with Gasteiger partial charge in [0.05, 0.1) is 5.69 Å². The van der Waals surface area contributed by atoms with Crippen molar-refractivity contribution in [2.45, 2.75) is 12.5 Å². The second-order valence-electron chi connectivity index (χ2n) is 7.89. The van der Waals surface area contributed by atoms with E-state index < -0.39 is 23.8 Å². The molecular weight excluding hydrogens is 444 g/mol. The fourth-order valence-electron chi connectivity index (χ4n) is 3.53. The predicted octanol–water partition coefficient (Wildman–Crippen LogP) is 1.68. The molecule has 8 heteroatoms. The minimum atomic E-state index is -1.01. The van der Waals surface area contributed by atoms with E-state index in [0.717, 1.165) is 11.1 Å². The van der Waals surface area contributed by atoms with Crippen LogP contribution >= 0.6 is 0 Å². The van der Waals surface area contributed by atoms with E-state index >= 15 is 0 Å². The number of ether oxygens (including phenoxy) is 1. The van der Waals surface area contributed by atoms with Crippen LogP contribution in [0.2, 0.25) is 0 Å². The van der Waals surface area contributed by atoms with E-state index in [1.165, 1.54) is 4.90 Å². The molecular formula is C27H24N4O4. The van der Waals surface area contributed by atoms with Crippen LogP contribution in [-0.4, -0.2) is 48.9 Å². The highest BCUT2D eigenvalue weighted by atomic mass is 16.5. The van der Waals surface area contributed by atoms with Crippen molar-refractivity contribution in [3.05, 3.63) is 89.7 Å². The lowest BCUT2D eigenvalue weighted by Crippen LogP contribution is -2.53. The number of likely N-dealkylation sites (N-methyl/N-ethyl adjacent to an activating group) is 1. The number of carbonyl (C=O) groups is 3. The molecule has 1 aliphatic heterocycles. The van der Waals surface area contributed by atoms with Gasteiger partial charge in [-0.1, -0.05) is 42.2 Å². The van der Waals surface area contributed by atoms with E-state index in [1.54, 1.807) is 49.8 Å². The molecule has 1 aliphatic rings. The Morgan fingerprint density at radius 2 is 1.77 bits per heavy atom. The van der Waals surface area contributed by atoms with Gasteiger partial charge in [0.25, 0.3) is 5.91 Å². The van der Waals surface area contributed by atoms with Crippen LogP contribution in [0.15, 0.2) is 73.1 Å². The molecule has 2 aromatic carbocycles. The number of nitrogens with zero attached hydrogens (tertiary/aromatic N) is 2. The average molecular weight is 469 g/mol. The zero-order valence-corrected chi connectivity index (χ0v) is 19.2. The number of pyridine rings is 1. The molecule has 1 aromatic heterocycles. The molecule has 1 atom stereocenters. The summed E-state index contributed by atoms with van der Waals surface area (Å²) < 4.78 is 5.77. The number of nitrogens with one attached hydrogen (secondary N) is 2. The normalized spacial score (nSPS) is 14.5. The fourth-order valence-corrected chi connectivity index (χ4v) is 3.53. The van der Waals surface area contributed by atoms with Crippen molar-refractivity contribution in [1.29, 1.82) is 0 Å². The molecule has 0 aliphatic carbocycles. The first kappa shape index (κ1) is 23.5. The van der Waals surface area contributed by atoms with Gasteiger partial charge in [0.15, 0.2) is 0 Å². The quantitative estimate of drug-likeness (QED) is 0.448. The Morgan fingerprint density at radius 1 is 1.03 bits per heavy atom. The highest BCUT2D eigenvalue weighted by molar-refractivity contribution is 6.35. The van der Waals surface area contributed by atoms with Crippen LogP contribution in [0.3, 0.4) is 0 Å². The molecule has 2 N–H and O–H groups in total. The lowest BCUT2D eigenvalue weighted by Gasteiger charge is -2.20. The molecule has 0 unspecified atom stereocenters. The van der Waals surface area contributed by atoms with Gasteiger partial charge in [-0.15, -0.1) is 0 Å². The number of hydrogen-bond acceptors (Lipinski definition) is 5. The minimum Gasteiger partial charge on any atom is -0.489 e. The second-order valence-corrected chi connectivity index (χ2v) is 7.89. The summed E-state index contributed by atoms with van der Waals surface area (Å²) in [5.74, 6) is 4.52. The summed E-state index contributed by atoms with van der Waals surface area (Å²) in [6.07, 6.45) is 3.92. The number of amides is 3. The Kier molecular flexibility index (Phi) is 7.38. The van der Waals surface area contributed by atoms with Crippen molar-refractivity contribution in [3.63, 3.8) is 0 Å². The molecule has 0 saturated heterocycles. The Bertz CT molecular complexity index is 1280. The second kappa shape index (κ2) is 11.0. The van der Waals surface area contributed by atoms with Crippen molar-refractivity contribution in [2.24, 2.45) is 0 Å². The number of rotatable bonds is 4. The van der Waals surface area contributed by atoms with E-state index in [4.69, 9.17) is 4.74 Å². The summed E-state index contributed by atoms with van der Waals surface area (Å²) in [5.41, 5.74) is 3.09. The van der Waals surface area contributed by atoms with Crippen LogP contribution in [0.1, 0.15) is 16.7 Å². The lowest BCUT2D eigenvalue weighted by atomic mass is 10.1. The summed E-state index contributed by atoms with van der Waals surface area (Å²) in [7, 11) is 1.59. The lowest BCUT2D eigenvalue weighted by molar-refractivity contribution is -0.140. The molecule has 35 heavy (non-hydrogen) atoms. The maximum absolute atomic E-state index is 13.0. The van der Waals surface area contributed by atoms with E-state index in [2.05, 4.69) is 27.5 Å². The van der Waals surface area contributed by atoms with Gasteiger partial charge in [0.1, 0.15) is 18.4 Å². The fraction of sp³-hybridized carbons (Fsp3) is 0.185. The molecule has 0 spiro atoms. The van der Waals surface area contributed by atoms with Gasteiger partial charge in [-0.3, -0.25) is 19.4 Å². The Morgan fingerprint density at radius 3 is 2.54 bits per heavy atom. The molecule has 0 bridgehead atoms. The minimum absolute atomic E-state index is 0.0960. The van der Waals surface area contributed by atoms with Crippen LogP contribution in [-0.2, 0) is 20.8 Å². The van der Waals surface area contributed by atoms with E-state index in [1.807, 2.05) is 30.3 Å². The summed E-state index contributed by atoms with van der Waals surface area (Å²) >= 11 is 0. The zero-order chi connectivity index (χ0) is 24.6. The van der Waals surface area contributed by atoms with Crippen LogP contribution < -0.4 is 20.3 Å². The highest BCUT2D eigenvalue weighted by Gasteiger charge is 2.32. The Balaban J connectivity index is 1.37. The summed E-state index contributed by atoms with van der Waals surface area (Å²) in [4.78, 5) is 43.0. The number of hydrogen-bond donors (Lipinski definition) is 2. The van der Waals surface area contributed by atoms with Gasteiger partial charge < -0.3 is 20.3 Å². The molecule has 3 aromatic rings. The van der Waals surface area contributed by atoms with Crippen molar-refractivity contribution < 1.29 is 19.1 Å². The Hall–Kier alpha value is -4.64. The predicted molar refractivity (Wildman–Crippen MR) is 131 cm³/mol. The molecule has 0 fully saturated rings. The van der Waals surface area contributed by atoms with Gasteiger partial charge in [0.2, 0.25) is 0 Å². The van der Waals surface area contributed by atoms with E-state index in [-0.39, 0.29) is 6.61 Å².